The standard InChI is InChI=1S/C17H12N2O3/c1-21-15-10-7-13(8-11-15)9-12-16-17(20)22-18-19(16)14-5-3-2-4-6-14/h2-8,10-11H,1H3. The van der Waals surface area contributed by atoms with E-state index in [2.05, 4.69) is 17.1 Å². The van der Waals surface area contributed by atoms with E-state index in [9.17, 15) is 5.11 Å². The average Bonchev–Trinajstić information content (AvgIpc) is 2.95. The Kier molecular flexibility index (Phi) is 3.75. The van der Waals surface area contributed by atoms with Crippen molar-refractivity contribution in [3.63, 3.8) is 0 Å². The summed E-state index contributed by atoms with van der Waals surface area (Å²) >= 11 is 0. The molecule has 0 bridgehead atoms. The number of para-hydroxylation sites is 1. The Hall–Kier alpha value is -3.26. The molecule has 0 spiro atoms. The number of aromatic nitrogens is 2. The molecule has 0 saturated heterocycles. The first kappa shape index (κ1) is 13.7. The third-order valence-corrected chi connectivity index (χ3v) is 3.03. The van der Waals surface area contributed by atoms with E-state index in [1.807, 2.05) is 42.5 Å². The summed E-state index contributed by atoms with van der Waals surface area (Å²) in [5.41, 5.74) is 1.66. The molecule has 5 heteroatoms. The Labute approximate surface area is 127 Å². The quantitative estimate of drug-likeness (QED) is 0.529. The molecule has 0 saturated carbocycles. The lowest BCUT2D eigenvalue weighted by Crippen LogP contribution is -2.35. The fraction of sp³-hybridized carbons (Fsp3) is 0.0588. The van der Waals surface area contributed by atoms with Crippen LogP contribution in [0.3, 0.4) is 0 Å². The lowest BCUT2D eigenvalue weighted by molar-refractivity contribution is -0.672. The molecule has 5 nitrogen and oxygen atoms in total. The van der Waals surface area contributed by atoms with Crippen LogP contribution < -0.4 is 14.5 Å². The van der Waals surface area contributed by atoms with Crippen molar-refractivity contribution in [3.05, 3.63) is 65.9 Å². The van der Waals surface area contributed by atoms with E-state index in [0.717, 1.165) is 11.3 Å². The van der Waals surface area contributed by atoms with Crippen LogP contribution in [0.5, 0.6) is 11.7 Å². The van der Waals surface area contributed by atoms with Crippen LogP contribution in [0.1, 0.15) is 11.3 Å². The van der Waals surface area contributed by atoms with Gasteiger partial charge in [0.25, 0.3) is 0 Å². The molecule has 3 rings (SSSR count). The van der Waals surface area contributed by atoms with Crippen molar-refractivity contribution in [2.45, 2.75) is 0 Å². The highest BCUT2D eigenvalue weighted by atomic mass is 16.6. The molecule has 0 aliphatic rings. The van der Waals surface area contributed by atoms with Gasteiger partial charge in [-0.3, -0.25) is 0 Å². The van der Waals surface area contributed by atoms with Crippen molar-refractivity contribution in [1.82, 2.24) is 5.27 Å². The highest BCUT2D eigenvalue weighted by Gasteiger charge is 2.17. The molecular weight excluding hydrogens is 280 g/mol. The summed E-state index contributed by atoms with van der Waals surface area (Å²) in [6.07, 6.45) is 0. The van der Waals surface area contributed by atoms with Gasteiger partial charge < -0.3 is 14.4 Å². The molecule has 1 aromatic heterocycles. The van der Waals surface area contributed by atoms with E-state index >= 15 is 0 Å². The third-order valence-electron chi connectivity index (χ3n) is 3.03. The van der Waals surface area contributed by atoms with E-state index in [0.29, 0.717) is 5.69 Å². The SMILES string of the molecule is COc1ccc(C#Cc2c([O-])on[n+]2-c2ccccc2)cc1. The fourth-order valence-corrected chi connectivity index (χ4v) is 1.90. The van der Waals surface area contributed by atoms with Crippen molar-refractivity contribution in [1.29, 1.82) is 0 Å². The zero-order valence-electron chi connectivity index (χ0n) is 11.8. The van der Waals surface area contributed by atoms with Crippen LogP contribution in [0.4, 0.5) is 0 Å². The van der Waals surface area contributed by atoms with Gasteiger partial charge in [0, 0.05) is 23.6 Å². The third kappa shape index (κ3) is 2.76. The summed E-state index contributed by atoms with van der Waals surface area (Å²) in [4.78, 5) is 0. The highest BCUT2D eigenvalue weighted by Crippen LogP contribution is 2.12. The smallest absolute Gasteiger partial charge is 0.314 e. The molecule has 108 valence electrons. The Morgan fingerprint density at radius 3 is 2.45 bits per heavy atom. The Morgan fingerprint density at radius 1 is 1.05 bits per heavy atom. The van der Waals surface area contributed by atoms with Gasteiger partial charge in [0.15, 0.2) is 5.95 Å². The second-order valence-corrected chi connectivity index (χ2v) is 4.43. The van der Waals surface area contributed by atoms with Gasteiger partial charge in [-0.25, -0.2) is 0 Å². The van der Waals surface area contributed by atoms with Crippen LogP contribution in [0, 0.1) is 11.8 Å². The summed E-state index contributed by atoms with van der Waals surface area (Å²) in [5, 5.41) is 15.5. The first-order valence-electron chi connectivity index (χ1n) is 6.58. The number of benzene rings is 2. The Bertz CT molecular complexity index is 828. The summed E-state index contributed by atoms with van der Waals surface area (Å²) in [6.45, 7) is 0. The molecule has 1 heterocycles. The topological polar surface area (TPSA) is 62.2 Å². The number of hydrogen-bond acceptors (Lipinski definition) is 4. The maximum absolute atomic E-state index is 11.8. The summed E-state index contributed by atoms with van der Waals surface area (Å²) in [6, 6.07) is 16.5. The van der Waals surface area contributed by atoms with Crippen LogP contribution in [-0.2, 0) is 0 Å². The van der Waals surface area contributed by atoms with Crippen LogP contribution in [-0.4, -0.2) is 12.4 Å². The molecule has 0 fully saturated rings. The molecule has 2 aromatic carbocycles. The molecule has 3 aromatic rings. The van der Waals surface area contributed by atoms with Gasteiger partial charge in [-0.15, -0.1) is 0 Å². The highest BCUT2D eigenvalue weighted by molar-refractivity contribution is 5.43. The monoisotopic (exact) mass is 292 g/mol. The van der Waals surface area contributed by atoms with Gasteiger partial charge in [-0.1, -0.05) is 24.1 Å². The Morgan fingerprint density at radius 2 is 1.77 bits per heavy atom. The van der Waals surface area contributed by atoms with Crippen LogP contribution >= 0.6 is 0 Å². The van der Waals surface area contributed by atoms with Crippen molar-refractivity contribution in [2.24, 2.45) is 0 Å². The lowest BCUT2D eigenvalue weighted by Gasteiger charge is -1.97. The van der Waals surface area contributed by atoms with Gasteiger partial charge in [-0.05, 0) is 28.9 Å². The van der Waals surface area contributed by atoms with Crippen LogP contribution in [0.15, 0.2) is 59.1 Å². The second-order valence-electron chi connectivity index (χ2n) is 4.43. The van der Waals surface area contributed by atoms with Crippen molar-refractivity contribution in [3.8, 4) is 29.2 Å². The first-order chi connectivity index (χ1) is 10.8. The molecular formula is C17H12N2O3. The van der Waals surface area contributed by atoms with Gasteiger partial charge in [0.2, 0.25) is 5.69 Å². The zero-order chi connectivity index (χ0) is 15.4. The molecule has 22 heavy (non-hydrogen) atoms. The summed E-state index contributed by atoms with van der Waals surface area (Å²) < 4.78 is 11.2. The van der Waals surface area contributed by atoms with E-state index in [1.54, 1.807) is 19.2 Å². The second kappa shape index (κ2) is 6.02. The first-order valence-corrected chi connectivity index (χ1v) is 6.58. The van der Waals surface area contributed by atoms with E-state index in [4.69, 9.17) is 9.26 Å². The van der Waals surface area contributed by atoms with Crippen molar-refractivity contribution >= 4 is 0 Å². The van der Waals surface area contributed by atoms with Gasteiger partial charge >= 0.3 is 5.69 Å². The summed E-state index contributed by atoms with van der Waals surface area (Å²) in [7, 11) is 1.60. The Balaban J connectivity index is 1.96. The molecule has 0 radical (unpaired) electrons. The van der Waals surface area contributed by atoms with E-state index in [-0.39, 0.29) is 5.69 Å². The van der Waals surface area contributed by atoms with Crippen molar-refractivity contribution < 1.29 is 19.0 Å². The maximum Gasteiger partial charge on any atom is 0.314 e. The van der Waals surface area contributed by atoms with E-state index in [1.165, 1.54) is 4.68 Å². The van der Waals surface area contributed by atoms with E-state index < -0.39 is 5.95 Å². The summed E-state index contributed by atoms with van der Waals surface area (Å²) in [5.74, 6) is 5.92. The molecule has 0 aliphatic carbocycles. The minimum atomic E-state index is -0.565. The molecule has 0 atom stereocenters. The van der Waals surface area contributed by atoms with Gasteiger partial charge in [-0.2, -0.15) is 0 Å². The number of ether oxygens (including phenoxy) is 1. The number of nitrogens with zero attached hydrogens (tertiary/aromatic N) is 2. The molecule has 0 unspecified atom stereocenters. The molecule has 0 N–H and O–H groups in total. The normalized spacial score (nSPS) is 9.86. The van der Waals surface area contributed by atoms with Crippen molar-refractivity contribution in [2.75, 3.05) is 7.11 Å². The average molecular weight is 292 g/mol. The van der Waals surface area contributed by atoms with Gasteiger partial charge in [0.1, 0.15) is 5.75 Å². The maximum atomic E-state index is 11.8. The zero-order valence-corrected chi connectivity index (χ0v) is 11.8. The number of rotatable bonds is 2. The van der Waals surface area contributed by atoms with Gasteiger partial charge in [0.05, 0.1) is 12.4 Å². The fourth-order valence-electron chi connectivity index (χ4n) is 1.90. The number of hydrogen-bond donors (Lipinski definition) is 0. The molecule has 0 amide bonds. The predicted molar refractivity (Wildman–Crippen MR) is 76.5 cm³/mol. The molecule has 0 aliphatic heterocycles. The minimum absolute atomic E-state index is 0.182. The minimum Gasteiger partial charge on any atom is -0.538 e. The van der Waals surface area contributed by atoms with Crippen LogP contribution in [0.2, 0.25) is 0 Å². The predicted octanol–water partition coefficient (Wildman–Crippen LogP) is 1.43. The van der Waals surface area contributed by atoms with Crippen LogP contribution in [0.25, 0.3) is 5.69 Å². The lowest BCUT2D eigenvalue weighted by atomic mass is 10.2. The largest absolute Gasteiger partial charge is 0.538 e. The number of methoxy groups -OCH3 is 1.